The molecule has 0 fully saturated rings. The number of hydrogen-bond donors (Lipinski definition) is 1. The van der Waals surface area contributed by atoms with E-state index in [1.165, 1.54) is 0 Å². The van der Waals surface area contributed by atoms with Gasteiger partial charge in [-0.15, -0.1) is 0 Å². The molecule has 2 aromatic carbocycles. The summed E-state index contributed by atoms with van der Waals surface area (Å²) in [5.74, 6) is 1.55. The third kappa shape index (κ3) is 3.83. The van der Waals surface area contributed by atoms with Gasteiger partial charge in [0.05, 0.1) is 10.6 Å². The fraction of sp³-hybridized carbons (Fsp3) is 0.294. The molecule has 1 aliphatic rings. The predicted octanol–water partition coefficient (Wildman–Crippen LogP) is 2.02. The Labute approximate surface area is 136 Å². The predicted molar refractivity (Wildman–Crippen MR) is 87.6 cm³/mol. The van der Waals surface area contributed by atoms with Crippen molar-refractivity contribution in [2.24, 2.45) is 0 Å². The van der Waals surface area contributed by atoms with Gasteiger partial charge in [0.2, 0.25) is 0 Å². The first kappa shape index (κ1) is 15.8. The number of nitrogens with one attached hydrogen (secondary N) is 1. The third-order valence-corrected chi connectivity index (χ3v) is 5.35. The summed E-state index contributed by atoms with van der Waals surface area (Å²) in [5, 5.41) is 3.16. The molecule has 0 saturated heterocycles. The van der Waals surface area contributed by atoms with Gasteiger partial charge in [-0.25, -0.2) is 8.42 Å². The summed E-state index contributed by atoms with van der Waals surface area (Å²) in [6.45, 7) is 2.00. The highest BCUT2D eigenvalue weighted by Gasteiger charge is 2.16. The minimum absolute atomic E-state index is 0.0589. The number of hydrogen-bond acceptors (Lipinski definition) is 5. The Hall–Kier alpha value is -2.05. The summed E-state index contributed by atoms with van der Waals surface area (Å²) < 4.78 is 35.6. The highest BCUT2D eigenvalue weighted by molar-refractivity contribution is 7.91. The Morgan fingerprint density at radius 3 is 2.57 bits per heavy atom. The van der Waals surface area contributed by atoms with Crippen molar-refractivity contribution in [3.63, 3.8) is 0 Å². The fourth-order valence-electron chi connectivity index (χ4n) is 2.45. The Balaban J connectivity index is 1.57. The van der Waals surface area contributed by atoms with Crippen molar-refractivity contribution in [3.05, 3.63) is 54.1 Å². The van der Waals surface area contributed by atoms with Gasteiger partial charge in [0, 0.05) is 18.7 Å². The minimum Gasteiger partial charge on any atom is -0.486 e. The lowest BCUT2D eigenvalue weighted by molar-refractivity contribution is 0.169. The van der Waals surface area contributed by atoms with E-state index in [1.807, 2.05) is 18.2 Å². The van der Waals surface area contributed by atoms with Crippen molar-refractivity contribution in [3.8, 4) is 11.5 Å². The lowest BCUT2D eigenvalue weighted by Crippen LogP contribution is -2.24. The second-order valence-electron chi connectivity index (χ2n) is 5.25. The summed E-state index contributed by atoms with van der Waals surface area (Å²) in [7, 11) is -3.25. The molecule has 1 heterocycles. The van der Waals surface area contributed by atoms with Crippen molar-refractivity contribution in [2.75, 3.05) is 25.5 Å². The van der Waals surface area contributed by atoms with Crippen molar-refractivity contribution >= 4 is 9.84 Å². The lowest BCUT2D eigenvalue weighted by atomic mass is 10.1. The molecule has 0 aliphatic carbocycles. The number of fused-ring (bicyclic) bond motifs is 1. The topological polar surface area (TPSA) is 64.6 Å². The van der Waals surface area contributed by atoms with Gasteiger partial charge in [-0.2, -0.15) is 0 Å². The number of ether oxygens (including phenoxy) is 2. The van der Waals surface area contributed by atoms with Gasteiger partial charge in [-0.3, -0.25) is 0 Å². The maximum Gasteiger partial charge on any atom is 0.179 e. The van der Waals surface area contributed by atoms with E-state index >= 15 is 0 Å². The van der Waals surface area contributed by atoms with Gasteiger partial charge in [0.15, 0.2) is 21.3 Å². The van der Waals surface area contributed by atoms with Gasteiger partial charge in [-0.05, 0) is 18.2 Å². The first-order valence-electron chi connectivity index (χ1n) is 7.53. The minimum atomic E-state index is -3.25. The Bertz CT molecular complexity index is 759. The van der Waals surface area contributed by atoms with E-state index in [1.54, 1.807) is 30.3 Å². The van der Waals surface area contributed by atoms with Crippen molar-refractivity contribution in [1.29, 1.82) is 0 Å². The Morgan fingerprint density at radius 1 is 0.957 bits per heavy atom. The van der Waals surface area contributed by atoms with E-state index in [0.29, 0.717) is 31.2 Å². The molecule has 1 N–H and O–H groups in total. The first-order valence-corrected chi connectivity index (χ1v) is 9.18. The zero-order valence-corrected chi connectivity index (χ0v) is 13.5. The van der Waals surface area contributed by atoms with Crippen LogP contribution >= 0.6 is 0 Å². The van der Waals surface area contributed by atoms with E-state index in [0.717, 1.165) is 17.1 Å². The largest absolute Gasteiger partial charge is 0.486 e. The molecule has 0 aromatic heterocycles. The molecule has 2 aromatic rings. The average Bonchev–Trinajstić information content (AvgIpc) is 2.59. The molecule has 0 saturated carbocycles. The molecule has 23 heavy (non-hydrogen) atoms. The maximum atomic E-state index is 12.2. The maximum absolute atomic E-state index is 12.2. The van der Waals surface area contributed by atoms with Crippen LogP contribution in [0.3, 0.4) is 0 Å². The molecule has 0 bridgehead atoms. The van der Waals surface area contributed by atoms with Crippen LogP contribution in [-0.4, -0.2) is 33.9 Å². The van der Waals surface area contributed by atoms with Crippen LogP contribution in [0.25, 0.3) is 0 Å². The Morgan fingerprint density at radius 2 is 1.74 bits per heavy atom. The molecule has 0 radical (unpaired) electrons. The second kappa shape index (κ2) is 7.02. The average molecular weight is 333 g/mol. The van der Waals surface area contributed by atoms with Gasteiger partial charge < -0.3 is 14.8 Å². The molecule has 0 atom stereocenters. The highest BCUT2D eigenvalue weighted by atomic mass is 32.2. The molecular weight excluding hydrogens is 314 g/mol. The van der Waals surface area contributed by atoms with Crippen LogP contribution < -0.4 is 14.8 Å². The molecule has 1 aliphatic heterocycles. The van der Waals surface area contributed by atoms with Crippen molar-refractivity contribution < 1.29 is 17.9 Å². The van der Waals surface area contributed by atoms with Crippen LogP contribution in [-0.2, 0) is 16.4 Å². The summed E-state index contributed by atoms with van der Waals surface area (Å²) in [6.07, 6.45) is 0. The van der Waals surface area contributed by atoms with Crippen LogP contribution in [0.4, 0.5) is 0 Å². The van der Waals surface area contributed by atoms with Gasteiger partial charge >= 0.3 is 0 Å². The highest BCUT2D eigenvalue weighted by Crippen LogP contribution is 2.33. The van der Waals surface area contributed by atoms with Crippen LogP contribution in [0.15, 0.2) is 53.4 Å². The molecule has 5 nitrogen and oxygen atoms in total. The van der Waals surface area contributed by atoms with Crippen LogP contribution in [0.2, 0.25) is 0 Å². The molecule has 0 spiro atoms. The fourth-order valence-corrected chi connectivity index (χ4v) is 3.67. The molecule has 6 heteroatoms. The smallest absolute Gasteiger partial charge is 0.179 e. The lowest BCUT2D eigenvalue weighted by Gasteiger charge is -2.21. The molecule has 3 rings (SSSR count). The number of para-hydroxylation sites is 1. The quantitative estimate of drug-likeness (QED) is 0.820. The van der Waals surface area contributed by atoms with E-state index in [-0.39, 0.29) is 5.75 Å². The van der Waals surface area contributed by atoms with E-state index in [9.17, 15) is 8.42 Å². The summed E-state index contributed by atoms with van der Waals surface area (Å²) >= 11 is 0. The standard InChI is InChI=1S/C17H19NO4S/c19-23(20,15-6-2-1-3-7-15)12-9-18-13-14-5-4-8-16-17(14)22-11-10-21-16/h1-8,18H,9-13H2. The normalized spacial score (nSPS) is 13.7. The van der Waals surface area contributed by atoms with Gasteiger partial charge in [-0.1, -0.05) is 30.3 Å². The second-order valence-corrected chi connectivity index (χ2v) is 7.36. The first-order chi connectivity index (χ1) is 11.2. The molecule has 0 unspecified atom stereocenters. The van der Waals surface area contributed by atoms with Crippen molar-refractivity contribution in [1.82, 2.24) is 5.32 Å². The number of sulfone groups is 1. The monoisotopic (exact) mass is 333 g/mol. The summed E-state index contributed by atoms with van der Waals surface area (Å²) in [5.41, 5.74) is 0.972. The van der Waals surface area contributed by atoms with E-state index in [2.05, 4.69) is 5.32 Å². The van der Waals surface area contributed by atoms with Crippen LogP contribution in [0, 0.1) is 0 Å². The molecule has 122 valence electrons. The molecule has 0 amide bonds. The van der Waals surface area contributed by atoms with Gasteiger partial charge in [0.25, 0.3) is 0 Å². The SMILES string of the molecule is O=S(=O)(CCNCc1cccc2c1OCCO2)c1ccccc1. The van der Waals surface area contributed by atoms with Crippen molar-refractivity contribution in [2.45, 2.75) is 11.4 Å². The van der Waals surface area contributed by atoms with Gasteiger partial charge in [0.1, 0.15) is 13.2 Å². The van der Waals surface area contributed by atoms with Crippen LogP contribution in [0.5, 0.6) is 11.5 Å². The number of benzene rings is 2. The van der Waals surface area contributed by atoms with E-state index in [4.69, 9.17) is 9.47 Å². The summed E-state index contributed by atoms with van der Waals surface area (Å²) in [4.78, 5) is 0.357. The summed E-state index contributed by atoms with van der Waals surface area (Å²) in [6, 6.07) is 14.2. The van der Waals surface area contributed by atoms with E-state index < -0.39 is 9.84 Å². The zero-order chi connectivity index (χ0) is 16.1. The Kier molecular flexibility index (Phi) is 4.83. The molecular formula is C17H19NO4S. The third-order valence-electron chi connectivity index (χ3n) is 3.61. The number of rotatable bonds is 6. The zero-order valence-electron chi connectivity index (χ0n) is 12.7. The van der Waals surface area contributed by atoms with Crippen LogP contribution in [0.1, 0.15) is 5.56 Å².